The van der Waals surface area contributed by atoms with E-state index in [0.717, 1.165) is 12.0 Å². The Hall–Kier alpha value is -4.14. The number of hydrogen-bond acceptors (Lipinski definition) is 5. The Bertz CT molecular complexity index is 1470. The molecule has 0 radical (unpaired) electrons. The molecule has 0 aliphatic rings. The van der Waals surface area contributed by atoms with Crippen molar-refractivity contribution in [1.29, 1.82) is 0 Å². The quantitative estimate of drug-likeness (QED) is 0.430. The summed E-state index contributed by atoms with van der Waals surface area (Å²) in [6.07, 6.45) is 1.47. The molecule has 0 aliphatic carbocycles. The third-order valence-corrected chi connectivity index (χ3v) is 5.74. The number of carbonyl (C=O) groups is 1. The number of nitrogens with zero attached hydrogens (tertiary/aromatic N) is 2. The molecule has 0 aliphatic heterocycles. The molecule has 0 fully saturated rings. The summed E-state index contributed by atoms with van der Waals surface area (Å²) in [4.78, 5) is 42.6. The summed E-state index contributed by atoms with van der Waals surface area (Å²) < 4.78 is 20.8. The summed E-state index contributed by atoms with van der Waals surface area (Å²) in [5.41, 5.74) is 6.26. The van der Waals surface area contributed by atoms with Crippen LogP contribution in [-0.4, -0.2) is 15.5 Å². The van der Waals surface area contributed by atoms with Crippen LogP contribution in [0.1, 0.15) is 41.4 Å². The number of nitrogens with one attached hydrogen (secondary N) is 1. The van der Waals surface area contributed by atoms with Crippen molar-refractivity contribution in [2.24, 2.45) is 0 Å². The van der Waals surface area contributed by atoms with Crippen LogP contribution < -0.4 is 21.9 Å². The number of rotatable bonds is 7. The van der Waals surface area contributed by atoms with Gasteiger partial charge in [0, 0.05) is 17.5 Å². The van der Waals surface area contributed by atoms with Crippen LogP contribution in [0.5, 0.6) is 0 Å². The second-order valence-corrected chi connectivity index (χ2v) is 8.07. The largest absolute Gasteiger partial charge is 0.451 e. The minimum Gasteiger partial charge on any atom is -0.451 e. The maximum atomic E-state index is 13.8. The maximum Gasteiger partial charge on any atom is 0.330 e. The van der Waals surface area contributed by atoms with Crippen LogP contribution in [0.2, 0.25) is 0 Å². The highest BCUT2D eigenvalue weighted by atomic mass is 19.1. The number of carbonyl (C=O) groups excluding carboxylic acids is 1. The topological polar surface area (TPSA) is 114 Å². The predicted molar refractivity (Wildman–Crippen MR) is 129 cm³/mol. The summed E-state index contributed by atoms with van der Waals surface area (Å²) in [5, 5.41) is 0.456. The molecule has 2 aromatic carbocycles. The molecule has 0 saturated carbocycles. The number of nitrogen functional groups attached to an aromatic ring is 1. The first-order valence-electron chi connectivity index (χ1n) is 11.0. The van der Waals surface area contributed by atoms with Crippen LogP contribution >= 0.6 is 0 Å². The lowest BCUT2D eigenvalue weighted by Gasteiger charge is -2.24. The van der Waals surface area contributed by atoms with E-state index in [4.69, 9.17) is 10.2 Å². The van der Waals surface area contributed by atoms with E-state index in [1.54, 1.807) is 19.1 Å². The Morgan fingerprint density at radius 3 is 2.62 bits per heavy atom. The van der Waals surface area contributed by atoms with E-state index >= 15 is 0 Å². The Kier molecular flexibility index (Phi) is 6.36. The van der Waals surface area contributed by atoms with E-state index < -0.39 is 23.0 Å². The van der Waals surface area contributed by atoms with Crippen molar-refractivity contribution >= 4 is 28.4 Å². The van der Waals surface area contributed by atoms with Crippen molar-refractivity contribution in [3.8, 4) is 0 Å². The Morgan fingerprint density at radius 1 is 1.18 bits per heavy atom. The van der Waals surface area contributed by atoms with Gasteiger partial charge in [0.25, 0.3) is 11.5 Å². The lowest BCUT2D eigenvalue weighted by atomic mass is 10.1. The molecule has 2 heterocycles. The van der Waals surface area contributed by atoms with Crippen LogP contribution in [0.15, 0.2) is 62.5 Å². The number of amides is 1. The Labute approximate surface area is 194 Å². The van der Waals surface area contributed by atoms with Gasteiger partial charge in [-0.1, -0.05) is 43.7 Å². The lowest BCUT2D eigenvalue weighted by Crippen LogP contribution is -2.41. The molecule has 0 atom stereocenters. The van der Waals surface area contributed by atoms with Crippen molar-refractivity contribution in [2.75, 3.05) is 10.6 Å². The van der Waals surface area contributed by atoms with Gasteiger partial charge in [0.15, 0.2) is 11.4 Å². The third kappa shape index (κ3) is 4.24. The van der Waals surface area contributed by atoms with Crippen LogP contribution in [-0.2, 0) is 13.1 Å². The zero-order chi connectivity index (χ0) is 24.4. The van der Waals surface area contributed by atoms with Gasteiger partial charge in [-0.15, -0.1) is 0 Å². The van der Waals surface area contributed by atoms with Gasteiger partial charge in [0.2, 0.25) is 0 Å². The lowest BCUT2D eigenvalue weighted by molar-refractivity contribution is 0.0959. The van der Waals surface area contributed by atoms with Gasteiger partial charge < -0.3 is 10.2 Å². The average molecular weight is 464 g/mol. The average Bonchev–Trinajstić information content (AvgIpc) is 3.14. The van der Waals surface area contributed by atoms with Crippen molar-refractivity contribution in [1.82, 2.24) is 9.55 Å². The van der Waals surface area contributed by atoms with E-state index in [9.17, 15) is 18.8 Å². The number of benzene rings is 2. The van der Waals surface area contributed by atoms with E-state index in [0.29, 0.717) is 29.5 Å². The number of nitrogens with two attached hydrogens (primary N) is 1. The highest BCUT2D eigenvalue weighted by Gasteiger charge is 2.29. The molecule has 0 unspecified atom stereocenters. The fraction of sp³-hybridized carbons (Fsp3) is 0.240. The smallest absolute Gasteiger partial charge is 0.330 e. The standard InChI is InChI=1S/C25H25FN4O4/c1-3-4-12-29-22(27)20(23(31)28-25(29)33)30(14-16-8-6-5-7-9-16)24(32)21-15(2)18-13-17(26)10-11-19(18)34-21/h5-11,13H,3-4,12,14,27H2,1-2H3,(H,28,31,33). The van der Waals surface area contributed by atoms with Crippen LogP contribution in [0.3, 0.4) is 0 Å². The highest BCUT2D eigenvalue weighted by Crippen LogP contribution is 2.29. The fourth-order valence-corrected chi connectivity index (χ4v) is 3.91. The van der Waals surface area contributed by atoms with Gasteiger partial charge in [0.1, 0.15) is 17.2 Å². The second kappa shape index (κ2) is 9.38. The van der Waals surface area contributed by atoms with Crippen molar-refractivity contribution in [3.05, 3.63) is 92.1 Å². The first-order valence-corrected chi connectivity index (χ1v) is 11.0. The number of hydrogen-bond donors (Lipinski definition) is 2. The third-order valence-electron chi connectivity index (χ3n) is 5.74. The Morgan fingerprint density at radius 2 is 1.91 bits per heavy atom. The molecule has 4 aromatic rings. The molecule has 0 saturated heterocycles. The summed E-state index contributed by atoms with van der Waals surface area (Å²) in [6, 6.07) is 13.0. The molecule has 0 spiro atoms. The van der Waals surface area contributed by atoms with Gasteiger partial charge in [-0.05, 0) is 37.1 Å². The number of furan rings is 1. The predicted octanol–water partition coefficient (Wildman–Crippen LogP) is 3.96. The van der Waals surface area contributed by atoms with Crippen LogP contribution in [0, 0.1) is 12.7 Å². The number of H-pyrrole nitrogens is 1. The molecule has 8 nitrogen and oxygen atoms in total. The minimum absolute atomic E-state index is 0.00375. The number of aryl methyl sites for hydroxylation is 1. The molecule has 4 rings (SSSR count). The zero-order valence-electron chi connectivity index (χ0n) is 18.9. The number of halogens is 1. The number of anilines is 2. The van der Waals surface area contributed by atoms with Gasteiger partial charge in [-0.3, -0.25) is 24.0 Å². The summed E-state index contributed by atoms with van der Waals surface area (Å²) >= 11 is 0. The molecule has 1 amide bonds. The summed E-state index contributed by atoms with van der Waals surface area (Å²) in [5.74, 6) is -1.23. The first kappa shape index (κ1) is 23.0. The van der Waals surface area contributed by atoms with Gasteiger partial charge in [-0.2, -0.15) is 0 Å². The van der Waals surface area contributed by atoms with Crippen molar-refractivity contribution in [3.63, 3.8) is 0 Å². The summed E-state index contributed by atoms with van der Waals surface area (Å²) in [7, 11) is 0. The molecule has 2 aromatic heterocycles. The fourth-order valence-electron chi connectivity index (χ4n) is 3.91. The SMILES string of the molecule is CCCCn1c(N)c(N(Cc2ccccc2)C(=O)c2oc3ccc(F)cc3c2C)c(=O)[nH]c1=O. The molecular formula is C25H25FN4O4. The van der Waals surface area contributed by atoms with Gasteiger partial charge in [0.05, 0.1) is 6.54 Å². The number of aromatic amines is 1. The number of unbranched alkanes of at least 4 members (excludes halogenated alkanes) is 1. The molecular weight excluding hydrogens is 439 g/mol. The van der Waals surface area contributed by atoms with E-state index in [1.165, 1.54) is 27.7 Å². The van der Waals surface area contributed by atoms with Crippen LogP contribution in [0.4, 0.5) is 15.9 Å². The summed E-state index contributed by atoms with van der Waals surface area (Å²) in [6.45, 7) is 3.91. The van der Waals surface area contributed by atoms with Gasteiger partial charge in [-0.25, -0.2) is 9.18 Å². The van der Waals surface area contributed by atoms with E-state index in [-0.39, 0.29) is 23.8 Å². The van der Waals surface area contributed by atoms with Gasteiger partial charge >= 0.3 is 5.69 Å². The molecule has 34 heavy (non-hydrogen) atoms. The highest BCUT2D eigenvalue weighted by molar-refractivity contribution is 6.08. The Balaban J connectivity index is 1.89. The second-order valence-electron chi connectivity index (χ2n) is 8.07. The van der Waals surface area contributed by atoms with Crippen molar-refractivity contribution in [2.45, 2.75) is 39.8 Å². The molecule has 9 heteroatoms. The first-order chi connectivity index (χ1) is 16.3. The number of fused-ring (bicyclic) bond motifs is 1. The van der Waals surface area contributed by atoms with E-state index in [2.05, 4.69) is 4.98 Å². The minimum atomic E-state index is -0.778. The number of aromatic nitrogens is 2. The molecule has 176 valence electrons. The normalized spacial score (nSPS) is 11.1. The zero-order valence-corrected chi connectivity index (χ0v) is 18.9. The molecule has 0 bridgehead atoms. The monoisotopic (exact) mass is 464 g/mol. The van der Waals surface area contributed by atoms with Crippen molar-refractivity contribution < 1.29 is 13.6 Å². The molecule has 3 N–H and O–H groups in total. The van der Waals surface area contributed by atoms with Crippen LogP contribution in [0.25, 0.3) is 11.0 Å². The maximum absolute atomic E-state index is 13.8. The van der Waals surface area contributed by atoms with E-state index in [1.807, 2.05) is 25.1 Å².